The standard InChI is InChI=1S/C26H25N3O2/c27-17-22-7-9-24(10-8-22)26(30)29-14-11-21(12-15-29)16-20-3-5-23(6-4-20)19-31-25-2-1-13-28-18-25/h1-10,13,18,21H,11-12,14-16,19H2. The van der Waals surface area contributed by atoms with E-state index in [1.807, 2.05) is 17.0 Å². The second-order valence-corrected chi connectivity index (χ2v) is 7.92. The third-order valence-corrected chi connectivity index (χ3v) is 5.75. The van der Waals surface area contributed by atoms with E-state index in [1.54, 1.807) is 36.7 Å². The highest BCUT2D eigenvalue weighted by molar-refractivity contribution is 5.94. The van der Waals surface area contributed by atoms with Crippen LogP contribution in [0.1, 0.15) is 39.9 Å². The fourth-order valence-electron chi connectivity index (χ4n) is 3.91. The van der Waals surface area contributed by atoms with E-state index in [-0.39, 0.29) is 5.91 Å². The van der Waals surface area contributed by atoms with Gasteiger partial charge in [0.05, 0.1) is 17.8 Å². The van der Waals surface area contributed by atoms with E-state index in [0.29, 0.717) is 23.7 Å². The predicted octanol–water partition coefficient (Wildman–Crippen LogP) is 4.63. The molecule has 3 aromatic rings. The average Bonchev–Trinajstić information content (AvgIpc) is 2.84. The largest absolute Gasteiger partial charge is 0.487 e. The third kappa shape index (κ3) is 5.49. The van der Waals surface area contributed by atoms with E-state index in [0.717, 1.165) is 43.7 Å². The maximum absolute atomic E-state index is 12.7. The van der Waals surface area contributed by atoms with Gasteiger partial charge in [-0.15, -0.1) is 0 Å². The van der Waals surface area contributed by atoms with E-state index in [2.05, 4.69) is 35.3 Å². The van der Waals surface area contributed by atoms with Crippen LogP contribution >= 0.6 is 0 Å². The molecule has 1 fully saturated rings. The summed E-state index contributed by atoms with van der Waals surface area (Å²) in [6.45, 7) is 2.09. The van der Waals surface area contributed by atoms with Crippen molar-refractivity contribution in [3.8, 4) is 11.8 Å². The molecule has 1 saturated heterocycles. The van der Waals surface area contributed by atoms with Crippen molar-refractivity contribution in [2.45, 2.75) is 25.9 Å². The highest BCUT2D eigenvalue weighted by Gasteiger charge is 2.23. The number of likely N-dealkylation sites (tertiary alicyclic amines) is 1. The Hall–Kier alpha value is -3.65. The summed E-state index contributed by atoms with van der Waals surface area (Å²) in [6, 6.07) is 21.3. The molecule has 1 aliphatic rings. The van der Waals surface area contributed by atoms with Gasteiger partial charge in [0.2, 0.25) is 0 Å². The molecule has 2 heterocycles. The van der Waals surface area contributed by atoms with Crippen LogP contribution in [0.15, 0.2) is 73.1 Å². The van der Waals surface area contributed by atoms with Crippen molar-refractivity contribution in [3.05, 3.63) is 95.3 Å². The lowest BCUT2D eigenvalue weighted by Gasteiger charge is -2.32. The summed E-state index contributed by atoms with van der Waals surface area (Å²) < 4.78 is 5.75. The molecule has 4 rings (SSSR count). The molecule has 156 valence electrons. The van der Waals surface area contributed by atoms with Gasteiger partial charge in [-0.05, 0) is 72.7 Å². The summed E-state index contributed by atoms with van der Waals surface area (Å²) >= 11 is 0. The van der Waals surface area contributed by atoms with Crippen LogP contribution in [0.4, 0.5) is 0 Å². The number of rotatable bonds is 6. The van der Waals surface area contributed by atoms with Crippen LogP contribution in [0, 0.1) is 17.2 Å². The Bertz CT molecular complexity index is 1030. The van der Waals surface area contributed by atoms with Gasteiger partial charge in [0.25, 0.3) is 5.91 Å². The van der Waals surface area contributed by atoms with Gasteiger partial charge in [0, 0.05) is 24.8 Å². The lowest BCUT2D eigenvalue weighted by atomic mass is 9.89. The van der Waals surface area contributed by atoms with Crippen molar-refractivity contribution >= 4 is 5.91 Å². The molecule has 0 radical (unpaired) electrons. The first-order valence-electron chi connectivity index (χ1n) is 10.6. The van der Waals surface area contributed by atoms with Crippen molar-refractivity contribution < 1.29 is 9.53 Å². The first-order chi connectivity index (χ1) is 15.2. The fourth-order valence-corrected chi connectivity index (χ4v) is 3.91. The number of pyridine rings is 1. The average molecular weight is 412 g/mol. The first kappa shape index (κ1) is 20.6. The van der Waals surface area contributed by atoms with Crippen molar-refractivity contribution in [2.75, 3.05) is 13.1 Å². The van der Waals surface area contributed by atoms with E-state index in [9.17, 15) is 4.79 Å². The van der Waals surface area contributed by atoms with Gasteiger partial charge in [0.1, 0.15) is 12.4 Å². The van der Waals surface area contributed by atoms with Crippen LogP contribution in [-0.2, 0) is 13.0 Å². The molecule has 0 atom stereocenters. The van der Waals surface area contributed by atoms with Crippen LogP contribution in [0.25, 0.3) is 0 Å². The molecule has 0 unspecified atom stereocenters. The van der Waals surface area contributed by atoms with Gasteiger partial charge in [0.15, 0.2) is 0 Å². The Kier molecular flexibility index (Phi) is 6.59. The van der Waals surface area contributed by atoms with E-state index in [1.165, 1.54) is 5.56 Å². The number of benzene rings is 2. The molecule has 0 spiro atoms. The zero-order valence-electron chi connectivity index (χ0n) is 17.4. The quantitative estimate of drug-likeness (QED) is 0.593. The number of aromatic nitrogens is 1. The molecular weight excluding hydrogens is 386 g/mol. The first-order valence-corrected chi connectivity index (χ1v) is 10.6. The minimum atomic E-state index is 0.0564. The van der Waals surface area contributed by atoms with Gasteiger partial charge in [-0.25, -0.2) is 0 Å². The minimum Gasteiger partial charge on any atom is -0.487 e. The highest BCUT2D eigenvalue weighted by atomic mass is 16.5. The summed E-state index contributed by atoms with van der Waals surface area (Å²) in [4.78, 5) is 18.7. The Balaban J connectivity index is 1.24. The number of hydrogen-bond donors (Lipinski definition) is 0. The van der Waals surface area contributed by atoms with Gasteiger partial charge in [-0.3, -0.25) is 9.78 Å². The third-order valence-electron chi connectivity index (χ3n) is 5.75. The number of carbonyl (C=O) groups is 1. The minimum absolute atomic E-state index is 0.0564. The summed E-state index contributed by atoms with van der Waals surface area (Å²) in [5, 5.41) is 8.90. The number of piperidine rings is 1. The zero-order chi connectivity index (χ0) is 21.5. The lowest BCUT2D eigenvalue weighted by molar-refractivity contribution is 0.0690. The molecule has 5 nitrogen and oxygen atoms in total. The molecule has 2 aromatic carbocycles. The van der Waals surface area contributed by atoms with Crippen molar-refractivity contribution in [1.29, 1.82) is 5.26 Å². The summed E-state index contributed by atoms with van der Waals surface area (Å²) in [5.74, 6) is 1.41. The molecule has 0 N–H and O–H groups in total. The Morgan fingerprint density at radius 2 is 1.74 bits per heavy atom. The number of nitrogens with zero attached hydrogens (tertiary/aromatic N) is 3. The maximum atomic E-state index is 12.7. The topological polar surface area (TPSA) is 66.2 Å². The zero-order valence-corrected chi connectivity index (χ0v) is 17.4. The molecule has 0 bridgehead atoms. The smallest absolute Gasteiger partial charge is 0.253 e. The Morgan fingerprint density at radius 1 is 1.03 bits per heavy atom. The van der Waals surface area contributed by atoms with Crippen LogP contribution < -0.4 is 4.74 Å². The van der Waals surface area contributed by atoms with Crippen molar-refractivity contribution in [1.82, 2.24) is 9.88 Å². The number of amides is 1. The Morgan fingerprint density at radius 3 is 2.39 bits per heavy atom. The molecular formula is C26H25N3O2. The van der Waals surface area contributed by atoms with Gasteiger partial charge in [-0.2, -0.15) is 5.26 Å². The summed E-state index contributed by atoms with van der Waals surface area (Å²) in [7, 11) is 0. The molecule has 1 amide bonds. The van der Waals surface area contributed by atoms with Crippen LogP contribution in [0.5, 0.6) is 5.75 Å². The molecule has 31 heavy (non-hydrogen) atoms. The van der Waals surface area contributed by atoms with Gasteiger partial charge < -0.3 is 9.64 Å². The number of hydrogen-bond acceptors (Lipinski definition) is 4. The van der Waals surface area contributed by atoms with Gasteiger partial charge >= 0.3 is 0 Å². The lowest BCUT2D eigenvalue weighted by Crippen LogP contribution is -2.38. The number of nitriles is 1. The molecule has 1 aliphatic heterocycles. The molecule has 0 saturated carbocycles. The van der Waals surface area contributed by atoms with Crippen molar-refractivity contribution in [2.24, 2.45) is 5.92 Å². The second-order valence-electron chi connectivity index (χ2n) is 7.92. The number of carbonyl (C=O) groups excluding carboxylic acids is 1. The molecule has 1 aromatic heterocycles. The summed E-state index contributed by atoms with van der Waals surface area (Å²) in [5.41, 5.74) is 3.68. The molecule has 5 heteroatoms. The Labute approximate surface area is 182 Å². The summed E-state index contributed by atoms with van der Waals surface area (Å²) in [6.07, 6.45) is 6.49. The van der Waals surface area contributed by atoms with Crippen LogP contribution in [-0.4, -0.2) is 28.9 Å². The highest BCUT2D eigenvalue weighted by Crippen LogP contribution is 2.23. The van der Waals surface area contributed by atoms with Crippen LogP contribution in [0.2, 0.25) is 0 Å². The number of ether oxygens (including phenoxy) is 1. The maximum Gasteiger partial charge on any atom is 0.253 e. The van der Waals surface area contributed by atoms with E-state index in [4.69, 9.17) is 10.00 Å². The second kappa shape index (κ2) is 9.90. The normalized spacial score (nSPS) is 14.1. The van der Waals surface area contributed by atoms with E-state index >= 15 is 0 Å². The van der Waals surface area contributed by atoms with E-state index < -0.39 is 0 Å². The van der Waals surface area contributed by atoms with Crippen LogP contribution in [0.3, 0.4) is 0 Å². The van der Waals surface area contributed by atoms with Gasteiger partial charge in [-0.1, -0.05) is 24.3 Å². The molecule has 0 aliphatic carbocycles. The predicted molar refractivity (Wildman–Crippen MR) is 118 cm³/mol. The fraction of sp³-hybridized carbons (Fsp3) is 0.269. The van der Waals surface area contributed by atoms with Crippen molar-refractivity contribution in [3.63, 3.8) is 0 Å². The monoisotopic (exact) mass is 411 g/mol. The SMILES string of the molecule is N#Cc1ccc(C(=O)N2CCC(Cc3ccc(COc4cccnc4)cc3)CC2)cc1.